The number of ether oxygens (including phenoxy) is 1. The number of amides is 1. The molecule has 2 aromatic heterocycles. The first kappa shape index (κ1) is 19.7. The predicted molar refractivity (Wildman–Crippen MR) is 105 cm³/mol. The van der Waals surface area contributed by atoms with Crippen LogP contribution in [0, 0.1) is 0 Å². The fraction of sp³-hybridized carbons (Fsp3) is 0.333. The summed E-state index contributed by atoms with van der Waals surface area (Å²) in [4.78, 5) is 42.5. The molecule has 10 heteroatoms. The third-order valence-corrected chi connectivity index (χ3v) is 4.71. The van der Waals surface area contributed by atoms with Crippen molar-refractivity contribution in [2.24, 2.45) is 14.1 Å². The van der Waals surface area contributed by atoms with E-state index in [-0.39, 0.29) is 23.6 Å². The molecule has 0 radical (unpaired) electrons. The zero-order chi connectivity index (χ0) is 20.4. The van der Waals surface area contributed by atoms with Gasteiger partial charge in [-0.05, 0) is 24.3 Å². The summed E-state index contributed by atoms with van der Waals surface area (Å²) in [6.45, 7) is 0.608. The summed E-state index contributed by atoms with van der Waals surface area (Å²) in [6.07, 6.45) is 1.39. The molecular formula is C18H20ClN5O4. The third kappa shape index (κ3) is 3.79. The van der Waals surface area contributed by atoms with Gasteiger partial charge in [0.25, 0.3) is 5.56 Å². The van der Waals surface area contributed by atoms with Crippen molar-refractivity contribution in [2.45, 2.75) is 6.54 Å². The SMILES string of the molecule is CN(CCOc1ccc(Cl)cc1)C(=O)Cn1cnc2c1c(=O)n(C)c(=O)n2C. The Hall–Kier alpha value is -3.07. The van der Waals surface area contributed by atoms with E-state index in [1.807, 2.05) is 0 Å². The van der Waals surface area contributed by atoms with Gasteiger partial charge in [0.1, 0.15) is 18.9 Å². The fourth-order valence-electron chi connectivity index (χ4n) is 2.74. The van der Waals surface area contributed by atoms with Gasteiger partial charge in [0, 0.05) is 26.2 Å². The Kier molecular flexibility index (Phi) is 5.55. The number of likely N-dealkylation sites (N-methyl/N-ethyl adjacent to an activating group) is 1. The van der Waals surface area contributed by atoms with Gasteiger partial charge in [-0.25, -0.2) is 9.78 Å². The van der Waals surface area contributed by atoms with Crippen molar-refractivity contribution < 1.29 is 9.53 Å². The zero-order valence-electron chi connectivity index (χ0n) is 15.8. The standard InChI is InChI=1S/C18H20ClN5O4/c1-21(8-9-28-13-6-4-12(19)5-7-13)14(25)10-24-11-20-16-15(24)17(26)23(3)18(27)22(16)2/h4-7,11H,8-10H2,1-3H3. The van der Waals surface area contributed by atoms with E-state index in [0.717, 1.165) is 4.57 Å². The third-order valence-electron chi connectivity index (χ3n) is 4.46. The highest BCUT2D eigenvalue weighted by molar-refractivity contribution is 6.30. The number of aryl methyl sites for hydroxylation is 1. The first-order valence-electron chi connectivity index (χ1n) is 8.52. The summed E-state index contributed by atoms with van der Waals surface area (Å²) in [5.41, 5.74) is -0.499. The molecule has 0 saturated carbocycles. The second kappa shape index (κ2) is 7.89. The topological polar surface area (TPSA) is 91.4 Å². The van der Waals surface area contributed by atoms with Gasteiger partial charge >= 0.3 is 5.69 Å². The van der Waals surface area contributed by atoms with Crippen molar-refractivity contribution in [3.8, 4) is 5.75 Å². The van der Waals surface area contributed by atoms with Gasteiger partial charge in [-0.3, -0.25) is 18.7 Å². The lowest BCUT2D eigenvalue weighted by Gasteiger charge is -2.18. The van der Waals surface area contributed by atoms with E-state index >= 15 is 0 Å². The van der Waals surface area contributed by atoms with Crippen LogP contribution in [0.4, 0.5) is 0 Å². The summed E-state index contributed by atoms with van der Waals surface area (Å²) in [5, 5.41) is 0.621. The lowest BCUT2D eigenvalue weighted by atomic mass is 10.3. The van der Waals surface area contributed by atoms with E-state index in [9.17, 15) is 14.4 Å². The Bertz CT molecular complexity index is 1130. The Morgan fingerprint density at radius 3 is 2.54 bits per heavy atom. The Morgan fingerprint density at radius 2 is 1.86 bits per heavy atom. The minimum atomic E-state index is -0.489. The number of nitrogens with zero attached hydrogens (tertiary/aromatic N) is 5. The predicted octanol–water partition coefficient (Wildman–Crippen LogP) is 0.624. The van der Waals surface area contributed by atoms with E-state index in [1.165, 1.54) is 34.5 Å². The number of aromatic nitrogens is 4. The molecule has 9 nitrogen and oxygen atoms in total. The molecule has 1 aromatic carbocycles. The minimum Gasteiger partial charge on any atom is -0.492 e. The Balaban J connectivity index is 1.68. The summed E-state index contributed by atoms with van der Waals surface area (Å²) >= 11 is 5.83. The van der Waals surface area contributed by atoms with Crippen LogP contribution >= 0.6 is 11.6 Å². The molecule has 0 atom stereocenters. The van der Waals surface area contributed by atoms with Gasteiger partial charge in [0.2, 0.25) is 5.91 Å². The van der Waals surface area contributed by atoms with Crippen LogP contribution in [0.2, 0.25) is 5.02 Å². The molecule has 3 aromatic rings. The zero-order valence-corrected chi connectivity index (χ0v) is 16.5. The summed E-state index contributed by atoms with van der Waals surface area (Å²) in [5.74, 6) is 0.449. The molecule has 0 aliphatic heterocycles. The maximum absolute atomic E-state index is 12.5. The number of carbonyl (C=O) groups excluding carboxylic acids is 1. The average Bonchev–Trinajstić information content (AvgIpc) is 3.09. The number of rotatable bonds is 6. The Labute approximate surface area is 165 Å². The van der Waals surface area contributed by atoms with Crippen molar-refractivity contribution >= 4 is 28.7 Å². The van der Waals surface area contributed by atoms with Crippen molar-refractivity contribution in [1.82, 2.24) is 23.6 Å². The summed E-state index contributed by atoms with van der Waals surface area (Å²) < 4.78 is 9.32. The monoisotopic (exact) mass is 405 g/mol. The molecule has 0 bridgehead atoms. The van der Waals surface area contributed by atoms with Crippen molar-refractivity contribution in [1.29, 1.82) is 0 Å². The van der Waals surface area contributed by atoms with Gasteiger partial charge in [-0.15, -0.1) is 0 Å². The molecule has 0 aliphatic carbocycles. The number of halogens is 1. The number of hydrogen-bond acceptors (Lipinski definition) is 5. The molecular weight excluding hydrogens is 386 g/mol. The lowest BCUT2D eigenvalue weighted by Crippen LogP contribution is -2.38. The van der Waals surface area contributed by atoms with Crippen LogP contribution in [0.5, 0.6) is 5.75 Å². The van der Waals surface area contributed by atoms with Crippen LogP contribution in [-0.2, 0) is 25.4 Å². The average molecular weight is 406 g/mol. The van der Waals surface area contributed by atoms with E-state index in [4.69, 9.17) is 16.3 Å². The number of benzene rings is 1. The van der Waals surface area contributed by atoms with Crippen LogP contribution in [0.3, 0.4) is 0 Å². The number of imidazole rings is 1. The van der Waals surface area contributed by atoms with E-state index in [1.54, 1.807) is 31.3 Å². The van der Waals surface area contributed by atoms with Crippen molar-refractivity contribution in [2.75, 3.05) is 20.2 Å². The van der Waals surface area contributed by atoms with Gasteiger partial charge in [-0.2, -0.15) is 0 Å². The molecule has 0 aliphatic rings. The molecule has 148 valence electrons. The van der Waals surface area contributed by atoms with Gasteiger partial charge in [-0.1, -0.05) is 11.6 Å². The van der Waals surface area contributed by atoms with Gasteiger partial charge in [0.15, 0.2) is 11.2 Å². The Morgan fingerprint density at radius 1 is 1.18 bits per heavy atom. The molecule has 0 spiro atoms. The van der Waals surface area contributed by atoms with Crippen molar-refractivity contribution in [3.63, 3.8) is 0 Å². The first-order chi connectivity index (χ1) is 13.3. The molecule has 28 heavy (non-hydrogen) atoms. The normalized spacial score (nSPS) is 11.0. The molecule has 0 saturated heterocycles. The van der Waals surface area contributed by atoms with E-state index < -0.39 is 11.2 Å². The number of fused-ring (bicyclic) bond motifs is 1. The number of hydrogen-bond donors (Lipinski definition) is 0. The second-order valence-corrected chi connectivity index (χ2v) is 6.80. The largest absolute Gasteiger partial charge is 0.492 e. The van der Waals surface area contributed by atoms with Crippen molar-refractivity contribution in [3.05, 3.63) is 56.5 Å². The fourth-order valence-corrected chi connectivity index (χ4v) is 2.87. The number of carbonyl (C=O) groups is 1. The first-order valence-corrected chi connectivity index (χ1v) is 8.90. The lowest BCUT2D eigenvalue weighted by molar-refractivity contribution is -0.130. The van der Waals surface area contributed by atoms with Crippen LogP contribution in [0.15, 0.2) is 40.2 Å². The molecule has 0 fully saturated rings. The molecule has 3 rings (SSSR count). The highest BCUT2D eigenvalue weighted by Gasteiger charge is 2.17. The maximum atomic E-state index is 12.5. The smallest absolute Gasteiger partial charge is 0.332 e. The van der Waals surface area contributed by atoms with E-state index in [0.29, 0.717) is 23.9 Å². The molecule has 2 heterocycles. The molecule has 0 N–H and O–H groups in total. The quantitative estimate of drug-likeness (QED) is 0.599. The molecule has 1 amide bonds. The van der Waals surface area contributed by atoms with Crippen LogP contribution in [0.25, 0.3) is 11.2 Å². The summed E-state index contributed by atoms with van der Waals surface area (Å²) in [7, 11) is 4.58. The summed E-state index contributed by atoms with van der Waals surface area (Å²) in [6, 6.07) is 6.96. The highest BCUT2D eigenvalue weighted by Crippen LogP contribution is 2.15. The van der Waals surface area contributed by atoms with Gasteiger partial charge in [0.05, 0.1) is 12.9 Å². The second-order valence-electron chi connectivity index (χ2n) is 6.37. The molecule has 0 unspecified atom stereocenters. The highest BCUT2D eigenvalue weighted by atomic mass is 35.5. The van der Waals surface area contributed by atoms with Crippen LogP contribution in [0.1, 0.15) is 0 Å². The van der Waals surface area contributed by atoms with Gasteiger partial charge < -0.3 is 14.2 Å². The maximum Gasteiger partial charge on any atom is 0.332 e. The van der Waals surface area contributed by atoms with Crippen LogP contribution in [-0.4, -0.2) is 49.7 Å². The minimum absolute atomic E-state index is 0.0681. The van der Waals surface area contributed by atoms with Crippen LogP contribution < -0.4 is 16.0 Å². The van der Waals surface area contributed by atoms with E-state index in [2.05, 4.69) is 4.98 Å².